The molecule has 0 unspecified atom stereocenters. The lowest BCUT2D eigenvalue weighted by Gasteiger charge is -2.27. The Kier molecular flexibility index (Phi) is 6.56. The summed E-state index contributed by atoms with van der Waals surface area (Å²) < 4.78 is 6.38. The molecule has 1 rings (SSSR count). The van der Waals surface area contributed by atoms with Crippen LogP contribution in [-0.4, -0.2) is 17.1 Å². The lowest BCUT2D eigenvalue weighted by atomic mass is 10.1. The second-order valence-corrected chi connectivity index (χ2v) is 13.3. The zero-order chi connectivity index (χ0) is 12.7. The zero-order valence-electron chi connectivity index (χ0n) is 12.1. The Morgan fingerprint density at radius 1 is 1.18 bits per heavy atom. The third-order valence-corrected chi connectivity index (χ3v) is 7.40. The van der Waals surface area contributed by atoms with E-state index in [1.54, 1.807) is 0 Å². The van der Waals surface area contributed by atoms with Crippen LogP contribution in [0.15, 0.2) is 11.8 Å². The van der Waals surface area contributed by atoms with Gasteiger partial charge in [0.2, 0.25) is 8.32 Å². The van der Waals surface area contributed by atoms with Gasteiger partial charge in [0, 0.05) is 15.2 Å². The van der Waals surface area contributed by atoms with Crippen LogP contribution in [0, 0.1) is 0 Å². The minimum Gasteiger partial charge on any atom is -0.547 e. The molecule has 0 atom stereocenters. The SMILES string of the molecule is C[Si](C)CC[Si](C)(C)O/C1=C/CCCCCC1. The molecule has 0 fully saturated rings. The lowest BCUT2D eigenvalue weighted by molar-refractivity contribution is 0.379. The van der Waals surface area contributed by atoms with E-state index < -0.39 is 8.32 Å². The normalized spacial score (nSPS) is 21.6. The molecule has 1 radical (unpaired) electrons. The third-order valence-electron chi connectivity index (χ3n) is 3.38. The minimum absolute atomic E-state index is 0.0849. The van der Waals surface area contributed by atoms with Gasteiger partial charge in [-0.2, -0.15) is 0 Å². The summed E-state index contributed by atoms with van der Waals surface area (Å²) in [7, 11) is -1.52. The van der Waals surface area contributed by atoms with Crippen LogP contribution in [0.2, 0.25) is 38.3 Å². The van der Waals surface area contributed by atoms with Gasteiger partial charge in [-0.15, -0.1) is 0 Å². The van der Waals surface area contributed by atoms with E-state index in [9.17, 15) is 0 Å². The van der Waals surface area contributed by atoms with Crippen LogP contribution in [0.3, 0.4) is 0 Å². The van der Waals surface area contributed by atoms with Gasteiger partial charge in [-0.1, -0.05) is 32.0 Å². The van der Waals surface area contributed by atoms with Gasteiger partial charge < -0.3 is 4.43 Å². The molecule has 0 aromatic rings. The topological polar surface area (TPSA) is 9.23 Å². The van der Waals surface area contributed by atoms with Crippen LogP contribution in [0.1, 0.15) is 38.5 Å². The molecular weight excluding hydrogens is 240 g/mol. The van der Waals surface area contributed by atoms with Crippen molar-refractivity contribution in [1.29, 1.82) is 0 Å². The van der Waals surface area contributed by atoms with Gasteiger partial charge in [0.15, 0.2) is 0 Å². The summed E-state index contributed by atoms with van der Waals surface area (Å²) in [5.74, 6) is 1.32. The summed E-state index contributed by atoms with van der Waals surface area (Å²) >= 11 is 0. The van der Waals surface area contributed by atoms with E-state index in [0.29, 0.717) is 0 Å². The van der Waals surface area contributed by atoms with Gasteiger partial charge >= 0.3 is 0 Å². The molecular formula is C14H29OSi2. The van der Waals surface area contributed by atoms with Gasteiger partial charge in [0.05, 0.1) is 5.76 Å². The van der Waals surface area contributed by atoms with Gasteiger partial charge in [-0.3, -0.25) is 0 Å². The molecule has 17 heavy (non-hydrogen) atoms. The predicted octanol–water partition coefficient (Wildman–Crippen LogP) is 5.20. The molecule has 99 valence electrons. The van der Waals surface area contributed by atoms with Crippen LogP contribution < -0.4 is 0 Å². The maximum absolute atomic E-state index is 6.38. The Hall–Kier alpha value is -0.0262. The van der Waals surface area contributed by atoms with Crippen LogP contribution in [0.25, 0.3) is 0 Å². The molecule has 3 heteroatoms. The van der Waals surface area contributed by atoms with Crippen molar-refractivity contribution in [2.45, 2.75) is 76.8 Å². The first-order valence-corrected chi connectivity index (χ1v) is 13.0. The molecule has 0 N–H and O–H groups in total. The Balaban J connectivity index is 2.43. The maximum atomic E-state index is 6.38. The first-order chi connectivity index (χ1) is 7.99. The third kappa shape index (κ3) is 7.09. The summed E-state index contributed by atoms with van der Waals surface area (Å²) in [4.78, 5) is 0. The Morgan fingerprint density at radius 2 is 1.88 bits per heavy atom. The predicted molar refractivity (Wildman–Crippen MR) is 81.4 cm³/mol. The fraction of sp³-hybridized carbons (Fsp3) is 0.857. The van der Waals surface area contributed by atoms with Crippen molar-refractivity contribution in [1.82, 2.24) is 0 Å². The van der Waals surface area contributed by atoms with Crippen molar-refractivity contribution < 1.29 is 4.43 Å². The van der Waals surface area contributed by atoms with Gasteiger partial charge in [-0.25, -0.2) is 0 Å². The van der Waals surface area contributed by atoms with Crippen LogP contribution in [0.5, 0.6) is 0 Å². The Labute approximate surface area is 110 Å². The fourth-order valence-corrected chi connectivity index (χ4v) is 7.62. The van der Waals surface area contributed by atoms with E-state index >= 15 is 0 Å². The lowest BCUT2D eigenvalue weighted by Crippen LogP contribution is -2.31. The van der Waals surface area contributed by atoms with Crippen molar-refractivity contribution in [3.63, 3.8) is 0 Å². The summed E-state index contributed by atoms with van der Waals surface area (Å²) in [6.45, 7) is 9.59. The minimum atomic E-state index is -1.44. The van der Waals surface area contributed by atoms with E-state index in [0.717, 1.165) is 0 Å². The number of allylic oxidation sites excluding steroid dienone is 2. The monoisotopic (exact) mass is 269 g/mol. The standard InChI is InChI=1S/C14H29OSi2/c1-16(2)12-13-17(3,4)15-14-10-8-6-5-7-9-11-14/h10H,5-9,11-13H2,1-4H3/b14-10+. The van der Waals surface area contributed by atoms with Crippen molar-refractivity contribution in [3.05, 3.63) is 11.8 Å². The van der Waals surface area contributed by atoms with Crippen LogP contribution in [0.4, 0.5) is 0 Å². The molecule has 0 aromatic heterocycles. The van der Waals surface area contributed by atoms with E-state index in [2.05, 4.69) is 32.3 Å². The largest absolute Gasteiger partial charge is 0.547 e. The average molecular weight is 270 g/mol. The maximum Gasteiger partial charge on any atom is 0.244 e. The van der Waals surface area contributed by atoms with Crippen LogP contribution >= 0.6 is 0 Å². The van der Waals surface area contributed by atoms with Crippen molar-refractivity contribution in [2.24, 2.45) is 0 Å². The van der Waals surface area contributed by atoms with E-state index in [1.165, 1.54) is 56.4 Å². The molecule has 1 aliphatic rings. The Morgan fingerprint density at radius 3 is 2.59 bits per heavy atom. The van der Waals surface area contributed by atoms with E-state index in [1.807, 2.05) is 0 Å². The number of hydrogen-bond donors (Lipinski definition) is 0. The highest BCUT2D eigenvalue weighted by Crippen LogP contribution is 2.24. The summed E-state index contributed by atoms with van der Waals surface area (Å²) in [5.41, 5.74) is 0. The highest BCUT2D eigenvalue weighted by atomic mass is 28.4. The molecule has 0 spiro atoms. The smallest absolute Gasteiger partial charge is 0.244 e. The summed E-state index contributed by atoms with van der Waals surface area (Å²) in [6, 6.07) is 2.75. The first kappa shape index (κ1) is 15.0. The number of hydrogen-bond acceptors (Lipinski definition) is 1. The molecule has 1 nitrogen and oxygen atoms in total. The van der Waals surface area contributed by atoms with Crippen molar-refractivity contribution in [2.75, 3.05) is 0 Å². The second-order valence-electron chi connectivity index (χ2n) is 6.19. The summed E-state index contributed by atoms with van der Waals surface area (Å²) in [5, 5.41) is 0. The molecule has 0 heterocycles. The molecule has 0 saturated carbocycles. The first-order valence-electron chi connectivity index (χ1n) is 7.17. The highest BCUT2D eigenvalue weighted by molar-refractivity contribution is 6.73. The molecule has 0 aromatic carbocycles. The number of rotatable bonds is 5. The molecule has 0 bridgehead atoms. The Bertz CT molecular complexity index is 247. The van der Waals surface area contributed by atoms with E-state index in [4.69, 9.17) is 4.43 Å². The van der Waals surface area contributed by atoms with Gasteiger partial charge in [0.25, 0.3) is 0 Å². The second kappa shape index (κ2) is 7.42. The van der Waals surface area contributed by atoms with Crippen LogP contribution in [-0.2, 0) is 4.43 Å². The molecule has 0 amide bonds. The molecule has 0 saturated heterocycles. The molecule has 1 aliphatic carbocycles. The molecule has 0 aliphatic heterocycles. The average Bonchev–Trinajstić information content (AvgIpc) is 2.19. The highest BCUT2D eigenvalue weighted by Gasteiger charge is 2.25. The summed E-state index contributed by atoms with van der Waals surface area (Å²) in [6.07, 6.45) is 10.3. The quantitative estimate of drug-likeness (QED) is 0.623. The van der Waals surface area contributed by atoms with Crippen molar-refractivity contribution >= 4 is 17.1 Å². The van der Waals surface area contributed by atoms with Gasteiger partial charge in [0.1, 0.15) is 0 Å². The fourth-order valence-electron chi connectivity index (χ4n) is 2.21. The van der Waals surface area contributed by atoms with Gasteiger partial charge in [-0.05, 0) is 44.5 Å². The van der Waals surface area contributed by atoms with E-state index in [-0.39, 0.29) is 8.80 Å². The van der Waals surface area contributed by atoms with Crippen molar-refractivity contribution in [3.8, 4) is 0 Å². The zero-order valence-corrected chi connectivity index (χ0v) is 14.1.